The number of aromatic amines is 1. The van der Waals surface area contributed by atoms with Crippen molar-refractivity contribution in [1.29, 1.82) is 0 Å². The Bertz CT molecular complexity index is 288. The SMILES string of the molecule is Cn1cc2cc[nH]c2c1. The fourth-order valence-electron chi connectivity index (χ4n) is 1.08. The fourth-order valence-corrected chi connectivity index (χ4v) is 1.08. The predicted octanol–water partition coefficient (Wildman–Crippen LogP) is 1.51. The van der Waals surface area contributed by atoms with Crippen molar-refractivity contribution in [3.05, 3.63) is 24.7 Å². The third kappa shape index (κ3) is 0.560. The molecule has 2 aromatic heterocycles. The molecule has 0 fully saturated rings. The summed E-state index contributed by atoms with van der Waals surface area (Å²) in [5.41, 5.74) is 1.21. The maximum atomic E-state index is 3.12. The molecule has 0 spiro atoms. The predicted molar refractivity (Wildman–Crippen MR) is 37.3 cm³/mol. The summed E-state index contributed by atoms with van der Waals surface area (Å²) >= 11 is 0. The second-order valence-electron chi connectivity index (χ2n) is 2.27. The topological polar surface area (TPSA) is 20.7 Å². The van der Waals surface area contributed by atoms with Gasteiger partial charge in [0.1, 0.15) is 0 Å². The molecule has 0 bridgehead atoms. The molecule has 0 unspecified atom stereocenters. The van der Waals surface area contributed by atoms with Gasteiger partial charge in [0.15, 0.2) is 0 Å². The molecular weight excluding hydrogens is 112 g/mol. The molecular formula is C7H8N2. The van der Waals surface area contributed by atoms with Crippen LogP contribution in [0, 0.1) is 0 Å². The van der Waals surface area contributed by atoms with Gasteiger partial charge in [0, 0.05) is 31.0 Å². The summed E-state index contributed by atoms with van der Waals surface area (Å²) in [7, 11) is 2.02. The molecule has 2 heteroatoms. The molecule has 2 nitrogen and oxygen atoms in total. The quantitative estimate of drug-likeness (QED) is 0.544. The Morgan fingerprint density at radius 1 is 1.44 bits per heavy atom. The molecule has 2 rings (SSSR count). The first-order chi connectivity index (χ1) is 4.36. The molecule has 0 aliphatic heterocycles. The summed E-state index contributed by atoms with van der Waals surface area (Å²) < 4.78 is 2.04. The third-order valence-electron chi connectivity index (χ3n) is 1.49. The number of hydrogen-bond donors (Lipinski definition) is 1. The molecule has 0 aliphatic carbocycles. The van der Waals surface area contributed by atoms with Crippen LogP contribution in [-0.4, -0.2) is 9.55 Å². The Labute approximate surface area is 53.1 Å². The van der Waals surface area contributed by atoms with E-state index in [0.717, 1.165) is 0 Å². The van der Waals surface area contributed by atoms with Gasteiger partial charge in [-0.25, -0.2) is 0 Å². The van der Waals surface area contributed by atoms with Gasteiger partial charge in [0.2, 0.25) is 0 Å². The standard InChI is InChI=1S/C7H8N2/c1-9-4-6-2-3-8-7(6)5-9/h2-5,8H,1H3. The van der Waals surface area contributed by atoms with E-state index in [0.29, 0.717) is 0 Å². The van der Waals surface area contributed by atoms with Gasteiger partial charge in [-0.05, 0) is 6.07 Å². The largest absolute Gasteiger partial charge is 0.360 e. The average Bonchev–Trinajstić information content (AvgIpc) is 2.22. The number of rotatable bonds is 0. The Hall–Kier alpha value is -1.18. The van der Waals surface area contributed by atoms with Crippen molar-refractivity contribution in [2.24, 2.45) is 7.05 Å². The van der Waals surface area contributed by atoms with Gasteiger partial charge in [-0.2, -0.15) is 0 Å². The van der Waals surface area contributed by atoms with E-state index in [4.69, 9.17) is 0 Å². The molecule has 46 valence electrons. The zero-order chi connectivity index (χ0) is 6.27. The van der Waals surface area contributed by atoms with E-state index < -0.39 is 0 Å². The van der Waals surface area contributed by atoms with Crippen molar-refractivity contribution in [3.63, 3.8) is 0 Å². The monoisotopic (exact) mass is 120 g/mol. The normalized spacial score (nSPS) is 10.8. The van der Waals surface area contributed by atoms with Crippen LogP contribution in [0.1, 0.15) is 0 Å². The van der Waals surface area contributed by atoms with Gasteiger partial charge in [0.25, 0.3) is 0 Å². The van der Waals surface area contributed by atoms with Crippen LogP contribution in [0.4, 0.5) is 0 Å². The molecule has 0 saturated heterocycles. The molecule has 1 N–H and O–H groups in total. The zero-order valence-electron chi connectivity index (χ0n) is 5.26. The molecule has 2 heterocycles. The lowest BCUT2D eigenvalue weighted by Gasteiger charge is -1.81. The van der Waals surface area contributed by atoms with Crippen molar-refractivity contribution in [3.8, 4) is 0 Å². The van der Waals surface area contributed by atoms with Crippen LogP contribution >= 0.6 is 0 Å². The van der Waals surface area contributed by atoms with Crippen LogP contribution in [0.25, 0.3) is 10.9 Å². The van der Waals surface area contributed by atoms with Crippen LogP contribution in [0.2, 0.25) is 0 Å². The first kappa shape index (κ1) is 4.68. The maximum absolute atomic E-state index is 3.12. The highest BCUT2D eigenvalue weighted by Gasteiger charge is 1.92. The van der Waals surface area contributed by atoms with Gasteiger partial charge in [0.05, 0.1) is 5.52 Å². The van der Waals surface area contributed by atoms with Crippen LogP contribution in [-0.2, 0) is 7.05 Å². The highest BCUT2D eigenvalue weighted by molar-refractivity contribution is 5.78. The maximum Gasteiger partial charge on any atom is 0.0633 e. The van der Waals surface area contributed by atoms with Crippen LogP contribution in [0.5, 0.6) is 0 Å². The summed E-state index contributed by atoms with van der Waals surface area (Å²) in [5.74, 6) is 0. The first-order valence-electron chi connectivity index (χ1n) is 2.95. The van der Waals surface area contributed by atoms with Crippen molar-refractivity contribution in [2.45, 2.75) is 0 Å². The number of hydrogen-bond acceptors (Lipinski definition) is 0. The fraction of sp³-hybridized carbons (Fsp3) is 0.143. The lowest BCUT2D eigenvalue weighted by molar-refractivity contribution is 0.931. The highest BCUT2D eigenvalue weighted by atomic mass is 14.9. The second kappa shape index (κ2) is 1.41. The molecule has 0 amide bonds. The van der Waals surface area contributed by atoms with E-state index in [1.165, 1.54) is 10.9 Å². The summed E-state index contributed by atoms with van der Waals surface area (Å²) in [6.45, 7) is 0. The van der Waals surface area contributed by atoms with Gasteiger partial charge >= 0.3 is 0 Å². The molecule has 9 heavy (non-hydrogen) atoms. The van der Waals surface area contributed by atoms with E-state index in [2.05, 4.69) is 23.4 Å². The van der Waals surface area contributed by atoms with E-state index in [-0.39, 0.29) is 0 Å². The zero-order valence-corrected chi connectivity index (χ0v) is 5.26. The van der Waals surface area contributed by atoms with Gasteiger partial charge < -0.3 is 9.55 Å². The number of fused-ring (bicyclic) bond motifs is 1. The Kier molecular flexibility index (Phi) is 0.730. The van der Waals surface area contributed by atoms with E-state index in [9.17, 15) is 0 Å². The summed E-state index contributed by atoms with van der Waals surface area (Å²) in [6, 6.07) is 2.06. The summed E-state index contributed by atoms with van der Waals surface area (Å²) in [5, 5.41) is 1.28. The summed E-state index contributed by atoms with van der Waals surface area (Å²) in [4.78, 5) is 3.12. The average molecular weight is 120 g/mol. The lowest BCUT2D eigenvalue weighted by Crippen LogP contribution is -1.77. The Morgan fingerprint density at radius 3 is 3.11 bits per heavy atom. The number of aromatic nitrogens is 2. The first-order valence-corrected chi connectivity index (χ1v) is 2.95. The molecule has 2 aromatic rings. The minimum Gasteiger partial charge on any atom is -0.360 e. The van der Waals surface area contributed by atoms with Crippen LogP contribution in [0.15, 0.2) is 24.7 Å². The Balaban J connectivity index is 2.92. The van der Waals surface area contributed by atoms with Gasteiger partial charge in [-0.15, -0.1) is 0 Å². The molecule has 0 aromatic carbocycles. The minimum absolute atomic E-state index is 1.21. The number of H-pyrrole nitrogens is 1. The smallest absolute Gasteiger partial charge is 0.0633 e. The molecule has 0 atom stereocenters. The van der Waals surface area contributed by atoms with E-state index >= 15 is 0 Å². The minimum atomic E-state index is 1.21. The van der Waals surface area contributed by atoms with E-state index in [1.807, 2.05) is 17.8 Å². The van der Waals surface area contributed by atoms with Gasteiger partial charge in [-0.3, -0.25) is 0 Å². The number of nitrogens with one attached hydrogen (secondary N) is 1. The third-order valence-corrected chi connectivity index (χ3v) is 1.49. The van der Waals surface area contributed by atoms with Crippen LogP contribution < -0.4 is 0 Å². The second-order valence-corrected chi connectivity index (χ2v) is 2.27. The summed E-state index contributed by atoms with van der Waals surface area (Å²) in [6.07, 6.45) is 6.10. The van der Waals surface area contributed by atoms with Gasteiger partial charge in [-0.1, -0.05) is 0 Å². The Morgan fingerprint density at radius 2 is 2.33 bits per heavy atom. The van der Waals surface area contributed by atoms with Crippen molar-refractivity contribution in [2.75, 3.05) is 0 Å². The molecule has 0 saturated carbocycles. The van der Waals surface area contributed by atoms with Crippen molar-refractivity contribution >= 4 is 10.9 Å². The molecule has 0 aliphatic rings. The molecule has 0 radical (unpaired) electrons. The van der Waals surface area contributed by atoms with Crippen molar-refractivity contribution in [1.82, 2.24) is 9.55 Å². The lowest BCUT2D eigenvalue weighted by atomic mass is 10.4. The number of nitrogens with zero attached hydrogens (tertiary/aromatic N) is 1. The van der Waals surface area contributed by atoms with E-state index in [1.54, 1.807) is 0 Å². The number of aryl methyl sites for hydroxylation is 1. The van der Waals surface area contributed by atoms with Crippen molar-refractivity contribution < 1.29 is 0 Å². The highest BCUT2D eigenvalue weighted by Crippen LogP contribution is 2.10. The van der Waals surface area contributed by atoms with Crippen LogP contribution in [0.3, 0.4) is 0 Å².